The standard InChI is InChI=1S/C19H27F3O3/c1-5-6-11(2)13-7-8-18(4)15(12(13)3)9-14(16(18)23)17(24)25-10-19(20,21)22/h5-6,12-16,23H,1,7-10H2,2-4H3/b11-6+/t12-,13-,14+,15+,16+,18+/m1/s1. The summed E-state index contributed by atoms with van der Waals surface area (Å²) in [6, 6.07) is 0. The molecule has 2 rings (SSSR count). The Morgan fingerprint density at radius 1 is 1.40 bits per heavy atom. The molecule has 0 radical (unpaired) electrons. The number of ether oxygens (including phenoxy) is 1. The molecule has 0 aromatic heterocycles. The Labute approximate surface area is 146 Å². The van der Waals surface area contributed by atoms with E-state index in [2.05, 4.69) is 18.2 Å². The second-order valence-corrected chi connectivity index (χ2v) is 7.77. The Kier molecular flexibility index (Phi) is 5.71. The van der Waals surface area contributed by atoms with Crippen LogP contribution in [0.3, 0.4) is 0 Å². The minimum Gasteiger partial charge on any atom is -0.456 e. The average Bonchev–Trinajstić information content (AvgIpc) is 2.78. The molecule has 6 heteroatoms. The van der Waals surface area contributed by atoms with Crippen molar-refractivity contribution in [2.45, 2.75) is 52.3 Å². The van der Waals surface area contributed by atoms with Crippen molar-refractivity contribution < 1.29 is 27.8 Å². The number of carbonyl (C=O) groups is 1. The molecule has 3 nitrogen and oxygen atoms in total. The molecule has 2 aliphatic rings. The van der Waals surface area contributed by atoms with E-state index in [1.807, 2.05) is 19.9 Å². The molecule has 0 bridgehead atoms. The average molecular weight is 360 g/mol. The van der Waals surface area contributed by atoms with E-state index in [1.165, 1.54) is 5.57 Å². The minimum atomic E-state index is -4.55. The topological polar surface area (TPSA) is 46.5 Å². The van der Waals surface area contributed by atoms with Gasteiger partial charge in [0.05, 0.1) is 12.0 Å². The number of aliphatic hydroxyl groups is 1. The van der Waals surface area contributed by atoms with Gasteiger partial charge >= 0.3 is 12.1 Å². The second kappa shape index (κ2) is 7.14. The number of alkyl halides is 3. The molecule has 0 spiro atoms. The van der Waals surface area contributed by atoms with Gasteiger partial charge in [-0.1, -0.05) is 38.2 Å². The molecule has 2 aliphatic carbocycles. The summed E-state index contributed by atoms with van der Waals surface area (Å²) in [5, 5.41) is 10.7. The van der Waals surface area contributed by atoms with Gasteiger partial charge in [-0.05, 0) is 49.4 Å². The Bertz CT molecular complexity index is 555. The van der Waals surface area contributed by atoms with E-state index >= 15 is 0 Å². The summed E-state index contributed by atoms with van der Waals surface area (Å²) >= 11 is 0. The van der Waals surface area contributed by atoms with Crippen molar-refractivity contribution in [2.24, 2.45) is 29.1 Å². The number of hydrogen-bond donors (Lipinski definition) is 1. The largest absolute Gasteiger partial charge is 0.456 e. The van der Waals surface area contributed by atoms with E-state index < -0.39 is 36.2 Å². The molecule has 0 aromatic rings. The molecule has 0 unspecified atom stereocenters. The quantitative estimate of drug-likeness (QED) is 0.601. The van der Waals surface area contributed by atoms with Crippen LogP contribution in [0.1, 0.15) is 40.0 Å². The first-order valence-electron chi connectivity index (χ1n) is 8.72. The highest BCUT2D eigenvalue weighted by Crippen LogP contribution is 2.59. The van der Waals surface area contributed by atoms with Gasteiger partial charge in [0.2, 0.25) is 0 Å². The molecular weight excluding hydrogens is 333 g/mol. The van der Waals surface area contributed by atoms with Crippen LogP contribution in [0.4, 0.5) is 13.2 Å². The first kappa shape index (κ1) is 20.0. The molecule has 25 heavy (non-hydrogen) atoms. The summed E-state index contributed by atoms with van der Waals surface area (Å²) in [5.74, 6) is -1.21. The highest BCUT2D eigenvalue weighted by atomic mass is 19.4. The normalized spacial score (nSPS) is 39.0. The molecule has 2 fully saturated rings. The molecule has 142 valence electrons. The van der Waals surface area contributed by atoms with E-state index in [0.29, 0.717) is 12.3 Å². The molecular formula is C19H27F3O3. The third kappa shape index (κ3) is 3.94. The molecule has 2 saturated carbocycles. The number of allylic oxidation sites excluding steroid dienone is 3. The number of fused-ring (bicyclic) bond motifs is 1. The maximum absolute atomic E-state index is 12.3. The van der Waals surface area contributed by atoms with E-state index in [4.69, 9.17) is 0 Å². The molecule has 0 aliphatic heterocycles. The van der Waals surface area contributed by atoms with Crippen LogP contribution in [-0.4, -0.2) is 30.0 Å². The van der Waals surface area contributed by atoms with Gasteiger partial charge < -0.3 is 9.84 Å². The van der Waals surface area contributed by atoms with Crippen LogP contribution in [-0.2, 0) is 9.53 Å². The zero-order valence-corrected chi connectivity index (χ0v) is 15.0. The van der Waals surface area contributed by atoms with Crippen LogP contribution < -0.4 is 0 Å². The van der Waals surface area contributed by atoms with Crippen LogP contribution in [0.2, 0.25) is 0 Å². The van der Waals surface area contributed by atoms with Crippen LogP contribution in [0, 0.1) is 29.1 Å². The lowest BCUT2D eigenvalue weighted by molar-refractivity contribution is -0.191. The van der Waals surface area contributed by atoms with Crippen molar-refractivity contribution in [3.05, 3.63) is 24.3 Å². The highest BCUT2D eigenvalue weighted by molar-refractivity contribution is 5.74. The zero-order valence-electron chi connectivity index (χ0n) is 15.0. The lowest BCUT2D eigenvalue weighted by atomic mass is 9.59. The third-order valence-electron chi connectivity index (χ3n) is 6.32. The van der Waals surface area contributed by atoms with Crippen LogP contribution in [0.15, 0.2) is 24.3 Å². The lowest BCUT2D eigenvalue weighted by Gasteiger charge is -2.46. The van der Waals surface area contributed by atoms with Crippen molar-refractivity contribution in [1.82, 2.24) is 0 Å². The lowest BCUT2D eigenvalue weighted by Crippen LogP contribution is -2.44. The minimum absolute atomic E-state index is 0.0675. The maximum atomic E-state index is 12.3. The van der Waals surface area contributed by atoms with E-state index in [9.17, 15) is 23.1 Å². The third-order valence-corrected chi connectivity index (χ3v) is 6.32. The Morgan fingerprint density at radius 3 is 2.60 bits per heavy atom. The summed E-state index contributed by atoms with van der Waals surface area (Å²) in [4.78, 5) is 12.1. The first-order valence-corrected chi connectivity index (χ1v) is 8.72. The predicted molar refractivity (Wildman–Crippen MR) is 88.6 cm³/mol. The Hall–Kier alpha value is -1.30. The summed E-state index contributed by atoms with van der Waals surface area (Å²) in [7, 11) is 0. The van der Waals surface area contributed by atoms with Gasteiger partial charge in [0.25, 0.3) is 0 Å². The van der Waals surface area contributed by atoms with Crippen molar-refractivity contribution in [3.8, 4) is 0 Å². The van der Waals surface area contributed by atoms with Crippen LogP contribution in [0.25, 0.3) is 0 Å². The Morgan fingerprint density at radius 2 is 2.04 bits per heavy atom. The molecule has 0 heterocycles. The number of carbonyl (C=O) groups excluding carboxylic acids is 1. The molecule has 6 atom stereocenters. The maximum Gasteiger partial charge on any atom is 0.422 e. The second-order valence-electron chi connectivity index (χ2n) is 7.77. The predicted octanol–water partition coefficient (Wildman–Crippen LogP) is 4.27. The fourth-order valence-electron chi connectivity index (χ4n) is 4.95. The Balaban J connectivity index is 2.15. The molecule has 0 aromatic carbocycles. The summed E-state index contributed by atoms with van der Waals surface area (Å²) < 4.78 is 41.3. The molecule has 0 amide bonds. The number of aliphatic hydroxyl groups excluding tert-OH is 1. The van der Waals surface area contributed by atoms with Crippen molar-refractivity contribution in [1.29, 1.82) is 0 Å². The molecule has 0 saturated heterocycles. The van der Waals surface area contributed by atoms with E-state index in [-0.39, 0.29) is 11.8 Å². The fourth-order valence-corrected chi connectivity index (χ4v) is 4.95. The first-order chi connectivity index (χ1) is 11.5. The van der Waals surface area contributed by atoms with Gasteiger partial charge in [-0.2, -0.15) is 13.2 Å². The summed E-state index contributed by atoms with van der Waals surface area (Å²) in [5.41, 5.74) is 0.744. The van der Waals surface area contributed by atoms with E-state index in [0.717, 1.165) is 12.8 Å². The van der Waals surface area contributed by atoms with Crippen LogP contribution in [0.5, 0.6) is 0 Å². The van der Waals surface area contributed by atoms with Gasteiger partial charge in [-0.3, -0.25) is 4.79 Å². The van der Waals surface area contributed by atoms with Gasteiger partial charge in [-0.25, -0.2) is 0 Å². The van der Waals surface area contributed by atoms with E-state index in [1.54, 1.807) is 6.08 Å². The van der Waals surface area contributed by atoms with Gasteiger partial charge in [-0.15, -0.1) is 0 Å². The highest BCUT2D eigenvalue weighted by Gasteiger charge is 2.58. The van der Waals surface area contributed by atoms with Crippen molar-refractivity contribution in [2.75, 3.05) is 6.61 Å². The zero-order chi connectivity index (χ0) is 19.0. The molecule has 1 N–H and O–H groups in total. The SMILES string of the molecule is C=C/C=C(\C)[C@H]1CC[C@]2(C)[C@@H](O)[C@@H](C(=O)OCC(F)(F)F)C[C@H]2[C@@H]1C. The van der Waals surface area contributed by atoms with Crippen molar-refractivity contribution >= 4 is 5.97 Å². The van der Waals surface area contributed by atoms with Crippen LogP contribution >= 0.6 is 0 Å². The number of esters is 1. The number of rotatable bonds is 4. The summed E-state index contributed by atoms with van der Waals surface area (Å²) in [6.07, 6.45) is 0.186. The monoisotopic (exact) mass is 360 g/mol. The fraction of sp³-hybridized carbons (Fsp3) is 0.737. The van der Waals surface area contributed by atoms with Gasteiger partial charge in [0.15, 0.2) is 6.61 Å². The summed E-state index contributed by atoms with van der Waals surface area (Å²) in [6.45, 7) is 8.21. The smallest absolute Gasteiger partial charge is 0.422 e. The van der Waals surface area contributed by atoms with Crippen molar-refractivity contribution in [3.63, 3.8) is 0 Å². The number of hydrogen-bond acceptors (Lipinski definition) is 3. The van der Waals surface area contributed by atoms with Gasteiger partial charge in [0.1, 0.15) is 0 Å². The number of halogens is 3. The van der Waals surface area contributed by atoms with Gasteiger partial charge in [0, 0.05) is 0 Å².